The highest BCUT2D eigenvalue weighted by Crippen LogP contribution is 2.13. The summed E-state index contributed by atoms with van der Waals surface area (Å²) in [5.41, 5.74) is 0.967. The lowest BCUT2D eigenvalue weighted by molar-refractivity contribution is -0.125. The maximum atomic E-state index is 12.4. The number of carbonyl (C=O) groups is 2. The molecule has 0 aromatic heterocycles. The van der Waals surface area contributed by atoms with Crippen LogP contribution < -0.4 is 10.1 Å². The molecule has 1 saturated heterocycles. The largest absolute Gasteiger partial charge is 0.494 e. The molecule has 6 heteroatoms. The van der Waals surface area contributed by atoms with E-state index in [1.807, 2.05) is 49.1 Å². The third kappa shape index (κ3) is 6.52. The molecule has 2 rings (SSSR count). The van der Waals surface area contributed by atoms with Crippen LogP contribution in [0.1, 0.15) is 25.8 Å². The second-order valence-corrected chi connectivity index (χ2v) is 6.24. The molecule has 1 fully saturated rings. The van der Waals surface area contributed by atoms with Crippen molar-refractivity contribution >= 4 is 17.9 Å². The van der Waals surface area contributed by atoms with Gasteiger partial charge in [0.2, 0.25) is 11.8 Å². The van der Waals surface area contributed by atoms with Gasteiger partial charge < -0.3 is 15.0 Å². The van der Waals surface area contributed by atoms with Gasteiger partial charge in [0, 0.05) is 38.8 Å². The summed E-state index contributed by atoms with van der Waals surface area (Å²) < 4.78 is 5.42. The van der Waals surface area contributed by atoms with Crippen LogP contribution in [0.3, 0.4) is 0 Å². The van der Waals surface area contributed by atoms with Crippen molar-refractivity contribution in [1.29, 1.82) is 0 Å². The van der Waals surface area contributed by atoms with Gasteiger partial charge in [0.05, 0.1) is 13.2 Å². The zero-order valence-corrected chi connectivity index (χ0v) is 15.7. The average molecular weight is 359 g/mol. The zero-order valence-electron chi connectivity index (χ0n) is 15.7. The molecule has 0 spiro atoms. The van der Waals surface area contributed by atoms with Crippen LogP contribution in [-0.2, 0) is 9.59 Å². The molecule has 0 saturated carbocycles. The number of nitrogens with zero attached hydrogens (tertiary/aromatic N) is 2. The Labute approximate surface area is 155 Å². The standard InChI is InChI=1S/C20H29N3O3/c1-3-21-19(24)16-22-12-5-13-23(15-14-22)20(25)11-8-17-6-9-18(10-7-17)26-4-2/h6-11H,3-5,12-16H2,1-2H3,(H,21,24). The summed E-state index contributed by atoms with van der Waals surface area (Å²) in [4.78, 5) is 28.1. The minimum atomic E-state index is 0.0127. The quantitative estimate of drug-likeness (QED) is 0.754. The van der Waals surface area contributed by atoms with Crippen molar-refractivity contribution in [1.82, 2.24) is 15.1 Å². The Morgan fingerprint density at radius 1 is 1.12 bits per heavy atom. The summed E-state index contributed by atoms with van der Waals surface area (Å²) in [5.74, 6) is 0.886. The van der Waals surface area contributed by atoms with Crippen molar-refractivity contribution in [2.45, 2.75) is 20.3 Å². The Morgan fingerprint density at radius 2 is 1.88 bits per heavy atom. The maximum Gasteiger partial charge on any atom is 0.246 e. The first kappa shape index (κ1) is 20.0. The molecule has 142 valence electrons. The van der Waals surface area contributed by atoms with Gasteiger partial charge in [0.1, 0.15) is 5.75 Å². The highest BCUT2D eigenvalue weighted by molar-refractivity contribution is 5.91. The van der Waals surface area contributed by atoms with Crippen LogP contribution in [0.25, 0.3) is 6.08 Å². The van der Waals surface area contributed by atoms with Crippen molar-refractivity contribution in [3.63, 3.8) is 0 Å². The molecule has 1 heterocycles. The highest BCUT2D eigenvalue weighted by atomic mass is 16.5. The number of amides is 2. The van der Waals surface area contributed by atoms with Crippen molar-refractivity contribution < 1.29 is 14.3 Å². The molecule has 1 aliphatic rings. The van der Waals surface area contributed by atoms with Gasteiger partial charge in [-0.15, -0.1) is 0 Å². The first-order valence-electron chi connectivity index (χ1n) is 9.31. The van der Waals surface area contributed by atoms with Gasteiger partial charge in [-0.2, -0.15) is 0 Å². The SMILES string of the molecule is CCNC(=O)CN1CCCN(C(=O)C=Cc2ccc(OCC)cc2)CC1. The lowest BCUT2D eigenvalue weighted by Gasteiger charge is -2.20. The molecule has 1 aromatic carbocycles. The fourth-order valence-electron chi connectivity index (χ4n) is 2.92. The van der Waals surface area contributed by atoms with E-state index in [9.17, 15) is 9.59 Å². The van der Waals surface area contributed by atoms with Crippen LogP contribution in [0.4, 0.5) is 0 Å². The van der Waals surface area contributed by atoms with E-state index in [1.165, 1.54) is 0 Å². The Balaban J connectivity index is 1.84. The van der Waals surface area contributed by atoms with Crippen LogP contribution >= 0.6 is 0 Å². The van der Waals surface area contributed by atoms with E-state index in [1.54, 1.807) is 6.08 Å². The predicted octanol–water partition coefficient (Wildman–Crippen LogP) is 1.77. The van der Waals surface area contributed by atoms with Gasteiger partial charge in [0.25, 0.3) is 0 Å². The highest BCUT2D eigenvalue weighted by Gasteiger charge is 2.18. The van der Waals surface area contributed by atoms with Crippen molar-refractivity contribution in [2.75, 3.05) is 45.9 Å². The molecule has 0 atom stereocenters. The van der Waals surface area contributed by atoms with Gasteiger partial charge in [-0.25, -0.2) is 0 Å². The van der Waals surface area contributed by atoms with Crippen molar-refractivity contribution in [3.8, 4) is 5.75 Å². The predicted molar refractivity (Wildman–Crippen MR) is 103 cm³/mol. The number of hydrogen-bond donors (Lipinski definition) is 1. The Morgan fingerprint density at radius 3 is 2.58 bits per heavy atom. The second-order valence-electron chi connectivity index (χ2n) is 6.24. The Kier molecular flexibility index (Phi) is 8.15. The third-order valence-corrected chi connectivity index (χ3v) is 4.25. The molecule has 2 amide bonds. The van der Waals surface area contributed by atoms with E-state index in [4.69, 9.17) is 4.74 Å². The zero-order chi connectivity index (χ0) is 18.8. The van der Waals surface area contributed by atoms with Gasteiger partial charge in [0.15, 0.2) is 0 Å². The number of rotatable bonds is 7. The fraction of sp³-hybridized carbons (Fsp3) is 0.500. The molecule has 6 nitrogen and oxygen atoms in total. The molecule has 0 aliphatic carbocycles. The molecule has 0 unspecified atom stereocenters. The summed E-state index contributed by atoms with van der Waals surface area (Å²) in [6, 6.07) is 7.67. The molecule has 0 bridgehead atoms. The summed E-state index contributed by atoms with van der Waals surface area (Å²) in [5, 5.41) is 2.82. The summed E-state index contributed by atoms with van der Waals surface area (Å²) in [7, 11) is 0. The van der Waals surface area contributed by atoms with Crippen molar-refractivity contribution in [2.24, 2.45) is 0 Å². The van der Waals surface area contributed by atoms with Gasteiger partial charge in [-0.05, 0) is 44.0 Å². The Bertz CT molecular complexity index is 613. The second kappa shape index (κ2) is 10.6. The Hall–Kier alpha value is -2.34. The first-order valence-corrected chi connectivity index (χ1v) is 9.31. The van der Waals surface area contributed by atoms with E-state index in [0.717, 1.165) is 37.4 Å². The summed E-state index contributed by atoms with van der Waals surface area (Å²) in [6.07, 6.45) is 4.33. The van der Waals surface area contributed by atoms with Gasteiger partial charge in [-0.1, -0.05) is 12.1 Å². The normalized spacial score (nSPS) is 15.7. The molecule has 0 radical (unpaired) electrons. The number of likely N-dealkylation sites (N-methyl/N-ethyl adjacent to an activating group) is 1. The van der Waals surface area contributed by atoms with Gasteiger partial charge in [-0.3, -0.25) is 14.5 Å². The smallest absolute Gasteiger partial charge is 0.246 e. The summed E-state index contributed by atoms with van der Waals surface area (Å²) >= 11 is 0. The number of carbonyl (C=O) groups excluding carboxylic acids is 2. The van der Waals surface area contributed by atoms with Crippen LogP contribution in [0.15, 0.2) is 30.3 Å². The van der Waals surface area contributed by atoms with E-state index < -0.39 is 0 Å². The minimum Gasteiger partial charge on any atom is -0.494 e. The maximum absolute atomic E-state index is 12.4. The van der Waals surface area contributed by atoms with E-state index >= 15 is 0 Å². The van der Waals surface area contributed by atoms with Crippen molar-refractivity contribution in [3.05, 3.63) is 35.9 Å². The van der Waals surface area contributed by atoms with Crippen LogP contribution in [-0.4, -0.2) is 67.5 Å². The fourth-order valence-corrected chi connectivity index (χ4v) is 2.92. The van der Waals surface area contributed by atoms with Gasteiger partial charge >= 0.3 is 0 Å². The van der Waals surface area contributed by atoms with E-state index in [0.29, 0.717) is 26.2 Å². The summed E-state index contributed by atoms with van der Waals surface area (Å²) in [6.45, 7) is 8.47. The average Bonchev–Trinajstić information content (AvgIpc) is 2.87. The molecule has 1 aromatic rings. The molecular weight excluding hydrogens is 330 g/mol. The molecule has 26 heavy (non-hydrogen) atoms. The number of nitrogens with one attached hydrogen (secondary N) is 1. The van der Waals surface area contributed by atoms with E-state index in [2.05, 4.69) is 10.2 Å². The van der Waals surface area contributed by atoms with Crippen LogP contribution in [0, 0.1) is 0 Å². The van der Waals surface area contributed by atoms with Crippen LogP contribution in [0.5, 0.6) is 5.75 Å². The number of ether oxygens (including phenoxy) is 1. The molecule has 1 N–H and O–H groups in total. The molecule has 1 aliphatic heterocycles. The monoisotopic (exact) mass is 359 g/mol. The topological polar surface area (TPSA) is 61.9 Å². The minimum absolute atomic E-state index is 0.0127. The molecular formula is C20H29N3O3. The van der Waals surface area contributed by atoms with E-state index in [-0.39, 0.29) is 11.8 Å². The van der Waals surface area contributed by atoms with Crippen LogP contribution in [0.2, 0.25) is 0 Å². The third-order valence-electron chi connectivity index (χ3n) is 4.25. The number of benzene rings is 1. The first-order chi connectivity index (χ1) is 12.6. The number of hydrogen-bond acceptors (Lipinski definition) is 4. The lowest BCUT2D eigenvalue weighted by Crippen LogP contribution is -2.39. The lowest BCUT2D eigenvalue weighted by atomic mass is 10.2.